The summed E-state index contributed by atoms with van der Waals surface area (Å²) in [4.78, 5) is 10.4. The highest BCUT2D eigenvalue weighted by atomic mass is 19.4. The van der Waals surface area contributed by atoms with E-state index in [2.05, 4.69) is 10.1 Å². The van der Waals surface area contributed by atoms with Gasteiger partial charge in [-0.1, -0.05) is 0 Å². The van der Waals surface area contributed by atoms with Crippen LogP contribution in [0.15, 0.2) is 42.5 Å². The van der Waals surface area contributed by atoms with E-state index in [4.69, 9.17) is 4.74 Å². The Morgan fingerprint density at radius 1 is 1.08 bits per heavy atom. The van der Waals surface area contributed by atoms with E-state index in [0.717, 1.165) is 12.1 Å². The highest BCUT2D eigenvalue weighted by molar-refractivity contribution is 5.64. The molecule has 0 aliphatic heterocycles. The zero-order valence-electron chi connectivity index (χ0n) is 12.5. The third-order valence-electron chi connectivity index (χ3n) is 2.82. The van der Waals surface area contributed by atoms with Crippen LogP contribution in [0, 0.1) is 10.1 Å². The molecule has 2 aromatic rings. The minimum Gasteiger partial charge on any atom is -0.457 e. The van der Waals surface area contributed by atoms with Gasteiger partial charge >= 0.3 is 6.36 Å². The standard InChI is InChI=1S/C15H13F3N2O4/c1-2-19-13-9-12(7-8-14(13)20(21)22)23-10-3-5-11(6-4-10)24-15(16,17)18/h3-9,19H,2H2,1H3. The quantitative estimate of drug-likeness (QED) is 0.607. The lowest BCUT2D eigenvalue weighted by molar-refractivity contribution is -0.384. The summed E-state index contributed by atoms with van der Waals surface area (Å²) in [6.45, 7) is 2.27. The molecule has 9 heteroatoms. The smallest absolute Gasteiger partial charge is 0.457 e. The molecule has 0 spiro atoms. The van der Waals surface area contributed by atoms with Crippen molar-refractivity contribution in [2.75, 3.05) is 11.9 Å². The minimum atomic E-state index is -4.76. The van der Waals surface area contributed by atoms with Crippen LogP contribution >= 0.6 is 0 Å². The van der Waals surface area contributed by atoms with Crippen molar-refractivity contribution in [3.05, 3.63) is 52.6 Å². The molecule has 2 rings (SSSR count). The number of nitrogens with one attached hydrogen (secondary N) is 1. The molecule has 128 valence electrons. The van der Waals surface area contributed by atoms with Gasteiger partial charge in [0.2, 0.25) is 0 Å². The number of hydrogen-bond donors (Lipinski definition) is 1. The molecular formula is C15H13F3N2O4. The summed E-state index contributed by atoms with van der Waals surface area (Å²) < 4.78 is 45.5. The van der Waals surface area contributed by atoms with E-state index >= 15 is 0 Å². The first-order valence-corrected chi connectivity index (χ1v) is 6.84. The van der Waals surface area contributed by atoms with E-state index in [1.165, 1.54) is 30.3 Å². The topological polar surface area (TPSA) is 73.6 Å². The number of nitrogens with zero attached hydrogens (tertiary/aromatic N) is 1. The maximum absolute atomic E-state index is 12.1. The summed E-state index contributed by atoms with van der Waals surface area (Å²) in [6.07, 6.45) is -4.76. The minimum absolute atomic E-state index is 0.0990. The SMILES string of the molecule is CCNc1cc(Oc2ccc(OC(F)(F)F)cc2)ccc1[N+](=O)[O-]. The Balaban J connectivity index is 2.16. The Morgan fingerprint density at radius 2 is 1.67 bits per heavy atom. The van der Waals surface area contributed by atoms with E-state index in [1.807, 2.05) is 0 Å². The zero-order valence-corrected chi connectivity index (χ0v) is 12.5. The number of hydrogen-bond acceptors (Lipinski definition) is 5. The van der Waals surface area contributed by atoms with E-state index in [1.54, 1.807) is 6.92 Å². The number of anilines is 1. The van der Waals surface area contributed by atoms with Crippen molar-refractivity contribution < 1.29 is 27.6 Å². The molecule has 0 amide bonds. The fraction of sp³-hybridized carbons (Fsp3) is 0.200. The maximum atomic E-state index is 12.1. The highest BCUT2D eigenvalue weighted by Gasteiger charge is 2.31. The second-order valence-electron chi connectivity index (χ2n) is 4.59. The lowest BCUT2D eigenvalue weighted by Crippen LogP contribution is -2.16. The number of halogens is 3. The summed E-state index contributed by atoms with van der Waals surface area (Å²) in [5, 5.41) is 13.8. The molecule has 2 aromatic carbocycles. The Morgan fingerprint density at radius 3 is 2.21 bits per heavy atom. The Labute approximate surface area is 135 Å². The van der Waals surface area contributed by atoms with Crippen LogP contribution in [0.2, 0.25) is 0 Å². The van der Waals surface area contributed by atoms with Crippen molar-refractivity contribution in [3.8, 4) is 17.2 Å². The second kappa shape index (κ2) is 7.07. The number of benzene rings is 2. The summed E-state index contributed by atoms with van der Waals surface area (Å²) >= 11 is 0. The molecule has 0 aliphatic carbocycles. The Hall–Kier alpha value is -2.97. The monoisotopic (exact) mass is 342 g/mol. The molecule has 0 aromatic heterocycles. The molecule has 6 nitrogen and oxygen atoms in total. The van der Waals surface area contributed by atoms with Crippen molar-refractivity contribution in [2.45, 2.75) is 13.3 Å². The summed E-state index contributed by atoms with van der Waals surface area (Å²) in [5.74, 6) is 0.203. The van der Waals surface area contributed by atoms with E-state index < -0.39 is 11.3 Å². The van der Waals surface area contributed by atoms with Crippen LogP contribution in [0.1, 0.15) is 6.92 Å². The van der Waals surface area contributed by atoms with Crippen LogP contribution in [0.25, 0.3) is 0 Å². The second-order valence-corrected chi connectivity index (χ2v) is 4.59. The number of nitro benzene ring substituents is 1. The zero-order chi connectivity index (χ0) is 17.7. The van der Waals surface area contributed by atoms with Gasteiger partial charge in [-0.25, -0.2) is 0 Å². The third kappa shape index (κ3) is 4.77. The van der Waals surface area contributed by atoms with Crippen molar-refractivity contribution in [3.63, 3.8) is 0 Å². The van der Waals surface area contributed by atoms with Crippen LogP contribution < -0.4 is 14.8 Å². The van der Waals surface area contributed by atoms with Gasteiger partial charge in [-0.15, -0.1) is 13.2 Å². The molecular weight excluding hydrogens is 329 g/mol. The predicted molar refractivity (Wildman–Crippen MR) is 80.5 cm³/mol. The van der Waals surface area contributed by atoms with Crippen LogP contribution in [-0.2, 0) is 0 Å². The number of ether oxygens (including phenoxy) is 2. The van der Waals surface area contributed by atoms with Crippen LogP contribution in [0.5, 0.6) is 17.2 Å². The first-order chi connectivity index (χ1) is 11.3. The number of alkyl halides is 3. The summed E-state index contributed by atoms with van der Waals surface area (Å²) in [6, 6.07) is 8.96. The average Bonchev–Trinajstić information content (AvgIpc) is 2.48. The van der Waals surface area contributed by atoms with Gasteiger partial charge in [-0.2, -0.15) is 0 Å². The number of nitro groups is 1. The lowest BCUT2D eigenvalue weighted by Gasteiger charge is -2.11. The first-order valence-electron chi connectivity index (χ1n) is 6.84. The van der Waals surface area contributed by atoms with Gasteiger partial charge in [0.05, 0.1) is 4.92 Å². The molecule has 0 atom stereocenters. The molecule has 24 heavy (non-hydrogen) atoms. The third-order valence-corrected chi connectivity index (χ3v) is 2.82. The highest BCUT2D eigenvalue weighted by Crippen LogP contribution is 2.32. The molecule has 0 saturated carbocycles. The average molecular weight is 342 g/mol. The van der Waals surface area contributed by atoms with Gasteiger partial charge < -0.3 is 14.8 Å². The lowest BCUT2D eigenvalue weighted by atomic mass is 10.2. The van der Waals surface area contributed by atoms with Gasteiger partial charge in [0.1, 0.15) is 22.9 Å². The van der Waals surface area contributed by atoms with Gasteiger partial charge in [0, 0.05) is 18.7 Å². The largest absolute Gasteiger partial charge is 0.573 e. The number of rotatable bonds is 6. The Bertz CT molecular complexity index is 718. The fourth-order valence-corrected chi connectivity index (χ4v) is 1.92. The molecule has 0 bridgehead atoms. The van der Waals surface area contributed by atoms with Gasteiger partial charge in [0.25, 0.3) is 5.69 Å². The van der Waals surface area contributed by atoms with Crippen LogP contribution in [0.3, 0.4) is 0 Å². The molecule has 0 radical (unpaired) electrons. The predicted octanol–water partition coefficient (Wildman–Crippen LogP) is 4.72. The molecule has 1 N–H and O–H groups in total. The van der Waals surface area contributed by atoms with Gasteiger partial charge in [-0.05, 0) is 37.3 Å². The fourth-order valence-electron chi connectivity index (χ4n) is 1.92. The molecule has 0 aliphatic rings. The van der Waals surface area contributed by atoms with Crippen LogP contribution in [-0.4, -0.2) is 17.8 Å². The summed E-state index contributed by atoms with van der Waals surface area (Å²) in [5.41, 5.74) is 0.190. The molecule has 0 fully saturated rings. The normalized spacial score (nSPS) is 11.0. The van der Waals surface area contributed by atoms with Gasteiger partial charge in [0.15, 0.2) is 0 Å². The van der Waals surface area contributed by atoms with E-state index in [9.17, 15) is 23.3 Å². The van der Waals surface area contributed by atoms with Crippen molar-refractivity contribution in [1.82, 2.24) is 0 Å². The molecule has 0 unspecified atom stereocenters. The van der Waals surface area contributed by atoms with E-state index in [0.29, 0.717) is 12.3 Å². The molecule has 0 heterocycles. The summed E-state index contributed by atoms with van der Waals surface area (Å²) in [7, 11) is 0. The van der Waals surface area contributed by atoms with Crippen molar-refractivity contribution in [1.29, 1.82) is 0 Å². The van der Waals surface area contributed by atoms with Crippen LogP contribution in [0.4, 0.5) is 24.5 Å². The van der Waals surface area contributed by atoms with E-state index in [-0.39, 0.29) is 22.9 Å². The Kier molecular flexibility index (Phi) is 5.12. The first kappa shape index (κ1) is 17.4. The molecule has 0 saturated heterocycles. The van der Waals surface area contributed by atoms with Crippen molar-refractivity contribution >= 4 is 11.4 Å². The maximum Gasteiger partial charge on any atom is 0.573 e. The van der Waals surface area contributed by atoms with Crippen molar-refractivity contribution in [2.24, 2.45) is 0 Å². The van der Waals surface area contributed by atoms with Gasteiger partial charge in [-0.3, -0.25) is 10.1 Å².